The van der Waals surface area contributed by atoms with Gasteiger partial charge in [0.15, 0.2) is 5.13 Å². The number of aromatic nitrogens is 3. The van der Waals surface area contributed by atoms with Crippen molar-refractivity contribution in [2.75, 3.05) is 22.9 Å². The fraction of sp³-hybridized carbons (Fsp3) is 0.250. The van der Waals surface area contributed by atoms with Crippen molar-refractivity contribution in [1.82, 2.24) is 19.9 Å². The monoisotopic (exact) mass is 543 g/mol. The standard InChI is InChI=1S/C28H29N7O3S/c1-3-21-25(26(36)20(27(37)38)17-34(21)28-32-12-13-39-28)18(2)14-22(29)33-15-19(16-33)35(23-8-4-6-10-30-23)24-9-5-7-11-31-24/h4-14,17,19,21,29,36H,3,15-16H2,1-2H3,(H,37,38). The van der Waals surface area contributed by atoms with Crippen LogP contribution in [0.4, 0.5) is 16.8 Å². The SMILES string of the molecule is CCC1C(C(C)=CC(=N)N2CC(N(c3ccccn3)c3ccccn3)C2)=C(O)C(C(=O)O)=CN1c1nccs1. The molecule has 5 heterocycles. The van der Waals surface area contributed by atoms with Crippen LogP contribution in [0.5, 0.6) is 0 Å². The summed E-state index contributed by atoms with van der Waals surface area (Å²) in [5, 5.41) is 32.1. The summed E-state index contributed by atoms with van der Waals surface area (Å²) in [6, 6.07) is 11.2. The first kappa shape index (κ1) is 26.1. The van der Waals surface area contributed by atoms with Gasteiger partial charge in [-0.3, -0.25) is 5.41 Å². The molecule has 10 nitrogen and oxygen atoms in total. The van der Waals surface area contributed by atoms with Crippen LogP contribution in [0.15, 0.2) is 95.1 Å². The number of carboxylic acid groups (broad SMARTS) is 1. The summed E-state index contributed by atoms with van der Waals surface area (Å²) >= 11 is 1.40. The van der Waals surface area contributed by atoms with Crippen molar-refractivity contribution in [2.45, 2.75) is 32.4 Å². The Morgan fingerprint density at radius 2 is 1.79 bits per heavy atom. The smallest absolute Gasteiger partial charge is 0.340 e. The molecule has 1 fully saturated rings. The molecule has 1 unspecified atom stereocenters. The number of carboxylic acids is 1. The van der Waals surface area contributed by atoms with Crippen LogP contribution in [0, 0.1) is 5.41 Å². The van der Waals surface area contributed by atoms with Gasteiger partial charge in [0, 0.05) is 48.8 Å². The number of nitrogens with zero attached hydrogens (tertiary/aromatic N) is 6. The van der Waals surface area contributed by atoms with Gasteiger partial charge in [-0.2, -0.15) is 0 Å². The van der Waals surface area contributed by atoms with Crippen molar-refractivity contribution >= 4 is 39.9 Å². The van der Waals surface area contributed by atoms with Crippen molar-refractivity contribution in [3.63, 3.8) is 0 Å². The number of nitrogens with one attached hydrogen (secondary N) is 1. The van der Waals surface area contributed by atoms with Gasteiger partial charge in [-0.1, -0.05) is 19.1 Å². The number of rotatable bonds is 8. The molecule has 200 valence electrons. The summed E-state index contributed by atoms with van der Waals surface area (Å²) in [6.07, 6.45) is 8.91. The Bertz CT molecular complexity index is 1390. The van der Waals surface area contributed by atoms with E-state index in [4.69, 9.17) is 5.41 Å². The second kappa shape index (κ2) is 11.1. The Balaban J connectivity index is 1.38. The van der Waals surface area contributed by atoms with Crippen LogP contribution in [0.2, 0.25) is 0 Å². The van der Waals surface area contributed by atoms with Crippen molar-refractivity contribution in [1.29, 1.82) is 5.41 Å². The number of likely N-dealkylation sites (tertiary alicyclic amines) is 1. The van der Waals surface area contributed by atoms with Crippen LogP contribution in [0.25, 0.3) is 0 Å². The number of hydrogen-bond donors (Lipinski definition) is 3. The zero-order valence-electron chi connectivity index (χ0n) is 21.6. The highest BCUT2D eigenvalue weighted by molar-refractivity contribution is 7.13. The molecule has 0 saturated carbocycles. The second-order valence-corrected chi connectivity index (χ2v) is 10.1. The largest absolute Gasteiger partial charge is 0.507 e. The summed E-state index contributed by atoms with van der Waals surface area (Å²) < 4.78 is 0. The van der Waals surface area contributed by atoms with Gasteiger partial charge >= 0.3 is 5.97 Å². The maximum Gasteiger partial charge on any atom is 0.340 e. The summed E-state index contributed by atoms with van der Waals surface area (Å²) in [5.41, 5.74) is 0.917. The molecular formula is C28H29N7O3S. The van der Waals surface area contributed by atoms with Gasteiger partial charge < -0.3 is 24.9 Å². The average Bonchev–Trinajstić information content (AvgIpc) is 3.45. The number of amidine groups is 1. The minimum absolute atomic E-state index is 0.0662. The highest BCUT2D eigenvalue weighted by Gasteiger charge is 2.37. The summed E-state index contributed by atoms with van der Waals surface area (Å²) in [4.78, 5) is 31.2. The fourth-order valence-electron chi connectivity index (χ4n) is 4.94. The molecule has 2 aliphatic rings. The molecule has 1 atom stereocenters. The number of hydrogen-bond acceptors (Lipinski definition) is 9. The van der Waals surface area contributed by atoms with E-state index < -0.39 is 5.97 Å². The normalized spacial score (nSPS) is 18.1. The van der Waals surface area contributed by atoms with E-state index in [9.17, 15) is 15.0 Å². The molecule has 0 spiro atoms. The number of anilines is 3. The lowest BCUT2D eigenvalue weighted by Crippen LogP contribution is -2.60. The van der Waals surface area contributed by atoms with E-state index in [1.54, 1.807) is 36.5 Å². The summed E-state index contributed by atoms with van der Waals surface area (Å²) in [6.45, 7) is 4.95. The number of aliphatic hydroxyl groups excluding tert-OH is 1. The van der Waals surface area contributed by atoms with Crippen molar-refractivity contribution in [3.8, 4) is 0 Å². The Hall–Kier alpha value is -4.51. The molecule has 0 aromatic carbocycles. The van der Waals surface area contributed by atoms with Gasteiger partial charge in [0.05, 0.1) is 12.1 Å². The van der Waals surface area contributed by atoms with Gasteiger partial charge in [-0.05, 0) is 49.3 Å². The van der Waals surface area contributed by atoms with Gasteiger partial charge in [0.1, 0.15) is 28.8 Å². The van der Waals surface area contributed by atoms with E-state index in [-0.39, 0.29) is 29.3 Å². The Kier molecular flexibility index (Phi) is 7.42. The number of pyridine rings is 2. The van der Waals surface area contributed by atoms with Gasteiger partial charge in [0.25, 0.3) is 0 Å². The van der Waals surface area contributed by atoms with E-state index in [1.165, 1.54) is 17.5 Å². The topological polar surface area (TPSA) is 130 Å². The molecule has 3 N–H and O–H groups in total. The molecular weight excluding hydrogens is 514 g/mol. The average molecular weight is 544 g/mol. The lowest BCUT2D eigenvalue weighted by molar-refractivity contribution is -0.132. The molecule has 39 heavy (non-hydrogen) atoms. The van der Waals surface area contributed by atoms with E-state index in [2.05, 4.69) is 19.9 Å². The van der Waals surface area contributed by atoms with Gasteiger partial charge in [-0.25, -0.2) is 19.7 Å². The summed E-state index contributed by atoms with van der Waals surface area (Å²) in [7, 11) is 0. The van der Waals surface area contributed by atoms with E-state index in [0.29, 0.717) is 35.8 Å². The minimum atomic E-state index is -1.22. The Morgan fingerprint density at radius 3 is 2.31 bits per heavy atom. The molecule has 3 aromatic heterocycles. The molecule has 0 aliphatic carbocycles. The lowest BCUT2D eigenvalue weighted by atomic mass is 9.89. The summed E-state index contributed by atoms with van der Waals surface area (Å²) in [5.74, 6) is 0.364. The number of carbonyl (C=O) groups is 1. The predicted octanol–water partition coefficient (Wildman–Crippen LogP) is 4.76. The van der Waals surface area contributed by atoms with Crippen LogP contribution in [-0.4, -0.2) is 67.0 Å². The van der Waals surface area contributed by atoms with Crippen LogP contribution in [0.1, 0.15) is 20.3 Å². The molecule has 3 aromatic rings. The molecule has 0 amide bonds. The Morgan fingerprint density at radius 1 is 1.13 bits per heavy atom. The highest BCUT2D eigenvalue weighted by atomic mass is 32.1. The molecule has 1 saturated heterocycles. The van der Waals surface area contributed by atoms with Crippen LogP contribution in [0.3, 0.4) is 0 Å². The zero-order valence-corrected chi connectivity index (χ0v) is 22.4. The zero-order chi connectivity index (χ0) is 27.5. The maximum absolute atomic E-state index is 12.0. The molecule has 11 heteroatoms. The number of aliphatic carboxylic acids is 1. The van der Waals surface area contributed by atoms with E-state index in [0.717, 1.165) is 11.6 Å². The lowest BCUT2D eigenvalue weighted by Gasteiger charge is -2.46. The molecule has 0 bridgehead atoms. The van der Waals surface area contributed by atoms with E-state index >= 15 is 0 Å². The predicted molar refractivity (Wildman–Crippen MR) is 152 cm³/mol. The third-order valence-electron chi connectivity index (χ3n) is 6.84. The quantitative estimate of drug-likeness (QED) is 0.272. The first-order chi connectivity index (χ1) is 18.9. The first-order valence-electron chi connectivity index (χ1n) is 12.6. The second-order valence-electron chi connectivity index (χ2n) is 9.27. The molecule has 2 aliphatic heterocycles. The fourth-order valence-corrected chi connectivity index (χ4v) is 5.61. The highest BCUT2D eigenvalue weighted by Crippen LogP contribution is 2.37. The van der Waals surface area contributed by atoms with E-state index in [1.807, 2.05) is 53.6 Å². The van der Waals surface area contributed by atoms with Crippen molar-refractivity contribution in [2.24, 2.45) is 0 Å². The Labute approximate surface area is 230 Å². The third kappa shape index (κ3) is 5.13. The van der Waals surface area contributed by atoms with Gasteiger partial charge in [-0.15, -0.1) is 11.3 Å². The van der Waals surface area contributed by atoms with Crippen molar-refractivity contribution < 1.29 is 15.0 Å². The van der Waals surface area contributed by atoms with Crippen molar-refractivity contribution in [3.05, 3.63) is 95.1 Å². The molecule has 5 rings (SSSR count). The molecule has 0 radical (unpaired) electrons. The van der Waals surface area contributed by atoms with Crippen LogP contribution in [-0.2, 0) is 4.79 Å². The number of aliphatic hydroxyl groups is 1. The maximum atomic E-state index is 12.0. The van der Waals surface area contributed by atoms with Gasteiger partial charge in [0.2, 0.25) is 0 Å². The number of thiazole rings is 1. The third-order valence-corrected chi connectivity index (χ3v) is 7.63. The van der Waals surface area contributed by atoms with Crippen LogP contribution < -0.4 is 9.80 Å². The first-order valence-corrected chi connectivity index (χ1v) is 13.5. The van der Waals surface area contributed by atoms with Crippen LogP contribution >= 0.6 is 11.3 Å². The minimum Gasteiger partial charge on any atom is -0.507 e.